The molecule has 120 valence electrons. The summed E-state index contributed by atoms with van der Waals surface area (Å²) in [6, 6.07) is 5.24. The minimum absolute atomic E-state index is 0.116. The number of likely N-dealkylation sites (tertiary alicyclic amines) is 1. The Bertz CT molecular complexity index is 798. The highest BCUT2D eigenvalue weighted by molar-refractivity contribution is 6.01. The van der Waals surface area contributed by atoms with Crippen LogP contribution in [0.4, 0.5) is 5.69 Å². The van der Waals surface area contributed by atoms with E-state index in [0.717, 1.165) is 12.8 Å². The van der Waals surface area contributed by atoms with Crippen LogP contribution >= 0.6 is 0 Å². The van der Waals surface area contributed by atoms with Gasteiger partial charge < -0.3 is 15.0 Å². The number of carbonyl (C=O) groups is 2. The van der Waals surface area contributed by atoms with Crippen molar-refractivity contribution in [2.45, 2.75) is 25.3 Å². The number of para-hydroxylation sites is 1. The highest BCUT2D eigenvalue weighted by Gasteiger charge is 2.33. The van der Waals surface area contributed by atoms with Crippen molar-refractivity contribution in [2.75, 3.05) is 6.54 Å². The van der Waals surface area contributed by atoms with E-state index in [2.05, 4.69) is 4.98 Å². The first-order chi connectivity index (χ1) is 11.0. The van der Waals surface area contributed by atoms with E-state index in [1.54, 1.807) is 12.1 Å². The number of rotatable bonds is 3. The molecule has 1 aliphatic rings. The maximum Gasteiger partial charge on any atom is 0.326 e. The summed E-state index contributed by atoms with van der Waals surface area (Å²) in [7, 11) is 0. The molecule has 8 nitrogen and oxygen atoms in total. The van der Waals surface area contributed by atoms with Crippen LogP contribution in [0.5, 0.6) is 0 Å². The number of carboxylic acids is 1. The van der Waals surface area contributed by atoms with Crippen molar-refractivity contribution in [1.82, 2.24) is 9.88 Å². The lowest BCUT2D eigenvalue weighted by Crippen LogP contribution is -2.48. The normalized spacial score (nSPS) is 18.1. The molecule has 0 spiro atoms. The Morgan fingerprint density at radius 2 is 2.13 bits per heavy atom. The van der Waals surface area contributed by atoms with Gasteiger partial charge in [0.1, 0.15) is 17.3 Å². The maximum atomic E-state index is 12.6. The van der Waals surface area contributed by atoms with Gasteiger partial charge in [-0.15, -0.1) is 0 Å². The van der Waals surface area contributed by atoms with E-state index in [4.69, 9.17) is 0 Å². The third-order valence-electron chi connectivity index (χ3n) is 4.11. The topological polar surface area (TPSA) is 117 Å². The molecule has 0 aliphatic carbocycles. The lowest BCUT2D eigenvalue weighted by molar-refractivity contribution is -0.383. The average Bonchev–Trinajstić information content (AvgIpc) is 2.97. The summed E-state index contributed by atoms with van der Waals surface area (Å²) >= 11 is 0. The number of aromatic amines is 1. The number of carboxylic acid groups (broad SMARTS) is 1. The number of hydrogen-bond acceptors (Lipinski definition) is 4. The molecule has 2 N–H and O–H groups in total. The first-order valence-corrected chi connectivity index (χ1v) is 7.29. The van der Waals surface area contributed by atoms with Gasteiger partial charge in [0, 0.05) is 18.0 Å². The van der Waals surface area contributed by atoms with Crippen molar-refractivity contribution in [1.29, 1.82) is 0 Å². The van der Waals surface area contributed by atoms with E-state index in [0.29, 0.717) is 18.4 Å². The smallest absolute Gasteiger partial charge is 0.326 e. The summed E-state index contributed by atoms with van der Waals surface area (Å²) < 4.78 is 0. The van der Waals surface area contributed by atoms with Crippen molar-refractivity contribution in [2.24, 2.45) is 0 Å². The molecule has 1 aromatic carbocycles. The number of benzene rings is 1. The number of amides is 1. The van der Waals surface area contributed by atoms with Gasteiger partial charge in [0.25, 0.3) is 11.6 Å². The largest absolute Gasteiger partial charge is 0.480 e. The molecule has 8 heteroatoms. The van der Waals surface area contributed by atoms with Crippen LogP contribution in [0.2, 0.25) is 0 Å². The van der Waals surface area contributed by atoms with E-state index >= 15 is 0 Å². The van der Waals surface area contributed by atoms with Crippen LogP contribution in [-0.4, -0.2) is 44.4 Å². The zero-order valence-corrected chi connectivity index (χ0v) is 12.2. The van der Waals surface area contributed by atoms with Crippen LogP contribution in [0, 0.1) is 10.1 Å². The standard InChI is InChI=1S/C15H15N3O5/c19-14(17-7-2-1-5-12(17)15(20)21)10-8-9-4-3-6-11(18(22)23)13(9)16-10/h3-4,6,8,12,16H,1-2,5,7H2,(H,20,21). The zero-order chi connectivity index (χ0) is 16.6. The van der Waals surface area contributed by atoms with Crippen molar-refractivity contribution in [3.63, 3.8) is 0 Å². The number of aliphatic carboxylic acids is 1. The zero-order valence-electron chi connectivity index (χ0n) is 12.2. The fraction of sp³-hybridized carbons (Fsp3) is 0.333. The molecule has 1 aromatic heterocycles. The first-order valence-electron chi connectivity index (χ1n) is 7.29. The minimum Gasteiger partial charge on any atom is -0.480 e. The van der Waals surface area contributed by atoms with Gasteiger partial charge in [0.15, 0.2) is 0 Å². The van der Waals surface area contributed by atoms with Crippen LogP contribution in [0.1, 0.15) is 29.8 Å². The lowest BCUT2D eigenvalue weighted by atomic mass is 10.0. The summed E-state index contributed by atoms with van der Waals surface area (Å²) in [6.07, 6.45) is 1.93. The van der Waals surface area contributed by atoms with Crippen LogP contribution in [0.3, 0.4) is 0 Å². The van der Waals surface area contributed by atoms with Crippen LogP contribution < -0.4 is 0 Å². The second-order valence-electron chi connectivity index (χ2n) is 5.53. The van der Waals surface area contributed by atoms with E-state index < -0.39 is 22.8 Å². The first kappa shape index (κ1) is 15.0. The van der Waals surface area contributed by atoms with Gasteiger partial charge in [-0.1, -0.05) is 12.1 Å². The molecule has 1 atom stereocenters. The molecule has 2 aromatic rings. The van der Waals surface area contributed by atoms with Gasteiger partial charge in [-0.05, 0) is 25.3 Å². The maximum absolute atomic E-state index is 12.6. The summed E-state index contributed by atoms with van der Waals surface area (Å²) in [5.74, 6) is -1.47. The quantitative estimate of drug-likeness (QED) is 0.664. The second kappa shape index (κ2) is 5.71. The minimum atomic E-state index is -1.03. The number of non-ortho nitro benzene ring substituents is 1. The van der Waals surface area contributed by atoms with Crippen molar-refractivity contribution in [3.8, 4) is 0 Å². The fourth-order valence-corrected chi connectivity index (χ4v) is 2.99. The molecule has 1 fully saturated rings. The molecule has 23 heavy (non-hydrogen) atoms. The predicted octanol–water partition coefficient (Wildman–Crippen LogP) is 2.16. The number of nitrogens with one attached hydrogen (secondary N) is 1. The van der Waals surface area contributed by atoms with Gasteiger partial charge >= 0.3 is 5.97 Å². The van der Waals surface area contributed by atoms with Crippen LogP contribution in [0.15, 0.2) is 24.3 Å². The highest BCUT2D eigenvalue weighted by Crippen LogP contribution is 2.27. The number of nitro groups is 1. The van der Waals surface area contributed by atoms with E-state index in [9.17, 15) is 24.8 Å². The van der Waals surface area contributed by atoms with Gasteiger partial charge in [-0.2, -0.15) is 0 Å². The summed E-state index contributed by atoms with van der Waals surface area (Å²) in [5.41, 5.74) is 0.321. The Hall–Kier alpha value is -2.90. The molecule has 0 bridgehead atoms. The van der Waals surface area contributed by atoms with Crippen molar-refractivity contribution in [3.05, 3.63) is 40.1 Å². The Labute approximate surface area is 130 Å². The van der Waals surface area contributed by atoms with E-state index in [-0.39, 0.29) is 16.9 Å². The van der Waals surface area contributed by atoms with Gasteiger partial charge in [0.05, 0.1) is 4.92 Å². The number of fused-ring (bicyclic) bond motifs is 1. The highest BCUT2D eigenvalue weighted by atomic mass is 16.6. The molecule has 0 radical (unpaired) electrons. The molecule has 1 amide bonds. The second-order valence-corrected chi connectivity index (χ2v) is 5.53. The van der Waals surface area contributed by atoms with Gasteiger partial charge in [0.2, 0.25) is 0 Å². The molecule has 0 saturated carbocycles. The summed E-state index contributed by atoms with van der Waals surface area (Å²) in [5, 5.41) is 20.9. The van der Waals surface area contributed by atoms with Crippen LogP contribution in [-0.2, 0) is 4.79 Å². The number of H-pyrrole nitrogens is 1. The Kier molecular flexibility index (Phi) is 3.73. The summed E-state index contributed by atoms with van der Waals surface area (Å²) in [4.78, 5) is 38.6. The number of aromatic nitrogens is 1. The monoisotopic (exact) mass is 317 g/mol. The number of hydrogen-bond donors (Lipinski definition) is 2. The van der Waals surface area contributed by atoms with Gasteiger partial charge in [-0.3, -0.25) is 14.9 Å². The molecule has 3 rings (SSSR count). The van der Waals surface area contributed by atoms with Crippen molar-refractivity contribution < 1.29 is 19.6 Å². The summed E-state index contributed by atoms with van der Waals surface area (Å²) in [6.45, 7) is 0.368. The SMILES string of the molecule is O=C(O)C1CCCCN1C(=O)c1cc2cccc([N+](=O)[O-])c2[nH]1. The lowest BCUT2D eigenvalue weighted by Gasteiger charge is -2.32. The number of carbonyl (C=O) groups excluding carboxylic acids is 1. The third-order valence-corrected chi connectivity index (χ3v) is 4.11. The molecule has 1 aliphatic heterocycles. The van der Waals surface area contributed by atoms with Crippen molar-refractivity contribution >= 4 is 28.5 Å². The molecule has 2 heterocycles. The average molecular weight is 317 g/mol. The Balaban J connectivity index is 1.99. The van der Waals surface area contributed by atoms with E-state index in [1.165, 1.54) is 17.0 Å². The fourth-order valence-electron chi connectivity index (χ4n) is 2.99. The number of nitrogens with zero attached hydrogens (tertiary/aromatic N) is 2. The Morgan fingerprint density at radius 3 is 2.83 bits per heavy atom. The van der Waals surface area contributed by atoms with Crippen LogP contribution in [0.25, 0.3) is 10.9 Å². The number of nitro benzene ring substituents is 1. The number of piperidine rings is 1. The van der Waals surface area contributed by atoms with E-state index in [1.807, 2.05) is 0 Å². The molecule has 1 unspecified atom stereocenters. The van der Waals surface area contributed by atoms with Gasteiger partial charge in [-0.25, -0.2) is 4.79 Å². The Morgan fingerprint density at radius 1 is 1.35 bits per heavy atom. The molecule has 1 saturated heterocycles. The molecular weight excluding hydrogens is 302 g/mol. The molecular formula is C15H15N3O5. The predicted molar refractivity (Wildman–Crippen MR) is 81.3 cm³/mol. The third kappa shape index (κ3) is 2.63.